The quantitative estimate of drug-likeness (QED) is 0.690. The van der Waals surface area contributed by atoms with Crippen LogP contribution in [0.3, 0.4) is 0 Å². The molecule has 1 aliphatic heterocycles. The predicted molar refractivity (Wildman–Crippen MR) is 64.6 cm³/mol. The van der Waals surface area contributed by atoms with Crippen molar-refractivity contribution in [1.82, 2.24) is 0 Å². The molecule has 1 saturated heterocycles. The summed E-state index contributed by atoms with van der Waals surface area (Å²) in [5.41, 5.74) is 0. The van der Waals surface area contributed by atoms with Crippen LogP contribution in [0.5, 0.6) is 0 Å². The highest BCUT2D eigenvalue weighted by molar-refractivity contribution is 5.81. The fourth-order valence-corrected chi connectivity index (χ4v) is 1.76. The lowest BCUT2D eigenvalue weighted by molar-refractivity contribution is -0.378. The van der Waals surface area contributed by atoms with E-state index in [1.807, 2.05) is 0 Å². The molecule has 0 aromatic rings. The van der Waals surface area contributed by atoms with Crippen molar-refractivity contribution in [3.8, 4) is 0 Å². The first-order valence-corrected chi connectivity index (χ1v) is 6.53. The van der Waals surface area contributed by atoms with Gasteiger partial charge < -0.3 is 14.2 Å². The second-order valence-electron chi connectivity index (χ2n) is 4.71. The van der Waals surface area contributed by atoms with E-state index in [1.54, 1.807) is 6.92 Å². The Morgan fingerprint density at radius 2 is 2.00 bits per heavy atom. The fourth-order valence-electron chi connectivity index (χ4n) is 1.76. The highest BCUT2D eigenvalue weighted by atomic mass is 16.9. The number of ether oxygens (including phenoxy) is 3. The van der Waals surface area contributed by atoms with E-state index in [0.717, 1.165) is 6.42 Å². The Hall–Kier alpha value is -0.450. The highest BCUT2D eigenvalue weighted by Gasteiger charge is 2.33. The minimum atomic E-state index is -1.03. The van der Waals surface area contributed by atoms with Gasteiger partial charge in [0.1, 0.15) is 13.2 Å². The Bertz CT molecular complexity index is 230. The predicted octanol–water partition coefficient (Wildman–Crippen LogP) is 2.51. The molecule has 0 N–H and O–H groups in total. The van der Waals surface area contributed by atoms with E-state index in [4.69, 9.17) is 14.2 Å². The fraction of sp³-hybridized carbons (Fsp3) is 0.923. The number of carbonyl (C=O) groups is 1. The van der Waals surface area contributed by atoms with Crippen molar-refractivity contribution in [2.24, 2.45) is 5.92 Å². The Morgan fingerprint density at radius 3 is 2.53 bits per heavy atom. The molecule has 0 aromatic carbocycles. The Balaban J connectivity index is 2.29. The summed E-state index contributed by atoms with van der Waals surface area (Å²) in [6.45, 7) is 6.88. The van der Waals surface area contributed by atoms with Gasteiger partial charge in [-0.3, -0.25) is 4.79 Å². The van der Waals surface area contributed by atoms with Crippen LogP contribution in [-0.4, -0.2) is 31.6 Å². The first-order chi connectivity index (χ1) is 8.09. The molecule has 1 aliphatic rings. The first-order valence-electron chi connectivity index (χ1n) is 6.53. The third-order valence-electron chi connectivity index (χ3n) is 3.12. The van der Waals surface area contributed by atoms with Crippen molar-refractivity contribution in [1.29, 1.82) is 0 Å². The molecule has 1 rings (SSSR count). The maximum atomic E-state index is 11.0. The monoisotopic (exact) mass is 244 g/mol. The van der Waals surface area contributed by atoms with Crippen LogP contribution in [0.2, 0.25) is 0 Å². The van der Waals surface area contributed by atoms with Gasteiger partial charge in [0.2, 0.25) is 0 Å². The molecule has 1 unspecified atom stereocenters. The molecule has 0 aliphatic carbocycles. The molecular formula is C13H24O4. The lowest BCUT2D eigenvalue weighted by atomic mass is 10.0. The molecule has 100 valence electrons. The second kappa shape index (κ2) is 7.09. The summed E-state index contributed by atoms with van der Waals surface area (Å²) in [4.78, 5) is 11.0. The topological polar surface area (TPSA) is 44.8 Å². The molecule has 0 bridgehead atoms. The number of carbonyl (C=O) groups excluding carboxylic acids is 1. The smallest absolute Gasteiger partial charge is 0.280 e. The van der Waals surface area contributed by atoms with Gasteiger partial charge in [0.15, 0.2) is 5.78 Å². The zero-order chi connectivity index (χ0) is 12.7. The van der Waals surface area contributed by atoms with E-state index in [2.05, 4.69) is 13.8 Å². The summed E-state index contributed by atoms with van der Waals surface area (Å²) < 4.78 is 16.2. The van der Waals surface area contributed by atoms with Crippen molar-refractivity contribution in [2.45, 2.75) is 52.4 Å². The van der Waals surface area contributed by atoms with Crippen molar-refractivity contribution >= 4 is 5.78 Å². The van der Waals surface area contributed by atoms with Crippen molar-refractivity contribution in [3.05, 3.63) is 0 Å². The van der Waals surface area contributed by atoms with Gasteiger partial charge >= 0.3 is 0 Å². The van der Waals surface area contributed by atoms with Crippen molar-refractivity contribution in [3.63, 3.8) is 0 Å². The van der Waals surface area contributed by atoms with Crippen LogP contribution in [0.15, 0.2) is 0 Å². The van der Waals surface area contributed by atoms with Crippen LogP contribution >= 0.6 is 0 Å². The number of hydrogen-bond acceptors (Lipinski definition) is 4. The van der Waals surface area contributed by atoms with E-state index in [9.17, 15) is 4.79 Å². The van der Waals surface area contributed by atoms with Gasteiger partial charge in [0, 0.05) is 6.92 Å². The van der Waals surface area contributed by atoms with Crippen LogP contribution in [0.4, 0.5) is 0 Å². The molecule has 1 fully saturated rings. The molecule has 0 saturated carbocycles. The third kappa shape index (κ3) is 5.15. The third-order valence-corrected chi connectivity index (χ3v) is 3.12. The van der Waals surface area contributed by atoms with E-state index in [0.29, 0.717) is 12.5 Å². The second-order valence-corrected chi connectivity index (χ2v) is 4.71. The largest absolute Gasteiger partial charge is 0.327 e. The van der Waals surface area contributed by atoms with Gasteiger partial charge in [-0.15, -0.1) is 0 Å². The minimum absolute atomic E-state index is 0.0379. The van der Waals surface area contributed by atoms with E-state index < -0.39 is 5.97 Å². The Labute approximate surface area is 104 Å². The van der Waals surface area contributed by atoms with Gasteiger partial charge in [0.05, 0.1) is 6.61 Å². The number of Topliss-reactive ketones (excluding diaryl/α,β-unsaturated/α-hetero) is 1. The first kappa shape index (κ1) is 14.6. The van der Waals surface area contributed by atoms with Crippen LogP contribution in [0.25, 0.3) is 0 Å². The zero-order valence-electron chi connectivity index (χ0n) is 11.2. The molecule has 4 heteroatoms. The summed E-state index contributed by atoms with van der Waals surface area (Å²) in [6, 6.07) is 0. The molecule has 1 heterocycles. The molecule has 0 spiro atoms. The summed E-state index contributed by atoms with van der Waals surface area (Å²) in [6.07, 6.45) is 4.69. The van der Waals surface area contributed by atoms with Gasteiger partial charge in [0.25, 0.3) is 5.97 Å². The molecule has 4 nitrogen and oxygen atoms in total. The van der Waals surface area contributed by atoms with Crippen LogP contribution in [0.1, 0.15) is 46.5 Å². The number of rotatable bonds is 7. The minimum Gasteiger partial charge on any atom is -0.327 e. The van der Waals surface area contributed by atoms with E-state index in [1.165, 1.54) is 19.3 Å². The average Bonchev–Trinajstić information content (AvgIpc) is 2.34. The molecule has 1 atom stereocenters. The highest BCUT2D eigenvalue weighted by Crippen LogP contribution is 2.22. The number of unbranched alkanes of at least 4 members (excludes halogenated alkanes) is 1. The molecule has 0 aromatic heterocycles. The van der Waals surface area contributed by atoms with Crippen molar-refractivity contribution < 1.29 is 19.0 Å². The van der Waals surface area contributed by atoms with Gasteiger partial charge in [-0.05, 0) is 12.3 Å². The summed E-state index contributed by atoms with van der Waals surface area (Å²) in [5, 5.41) is 0. The zero-order valence-corrected chi connectivity index (χ0v) is 11.2. The molecular weight excluding hydrogens is 220 g/mol. The van der Waals surface area contributed by atoms with Crippen LogP contribution in [-0.2, 0) is 19.0 Å². The Morgan fingerprint density at radius 1 is 1.35 bits per heavy atom. The van der Waals surface area contributed by atoms with Crippen molar-refractivity contribution in [2.75, 3.05) is 19.8 Å². The van der Waals surface area contributed by atoms with Gasteiger partial charge in [-0.25, -0.2) is 0 Å². The number of ketones is 1. The number of hydrogen-bond donors (Lipinski definition) is 0. The lowest BCUT2D eigenvalue weighted by Crippen LogP contribution is -2.45. The maximum Gasteiger partial charge on any atom is 0.280 e. The van der Waals surface area contributed by atoms with Crippen LogP contribution < -0.4 is 0 Å². The summed E-state index contributed by atoms with van der Waals surface area (Å²) in [5.74, 6) is -0.534. The summed E-state index contributed by atoms with van der Waals surface area (Å²) >= 11 is 0. The Kier molecular flexibility index (Phi) is 6.09. The average molecular weight is 244 g/mol. The normalized spacial score (nSPS) is 21.5. The summed E-state index contributed by atoms with van der Waals surface area (Å²) in [7, 11) is 0. The molecule has 0 radical (unpaired) electrons. The molecule has 17 heavy (non-hydrogen) atoms. The van der Waals surface area contributed by atoms with Crippen LogP contribution in [0, 0.1) is 5.92 Å². The van der Waals surface area contributed by atoms with E-state index in [-0.39, 0.29) is 19.0 Å². The van der Waals surface area contributed by atoms with Gasteiger partial charge in [-0.1, -0.05) is 33.1 Å². The SMILES string of the molecule is CCCCC(CC)COC1(C)OCC(=O)CO1. The standard InChI is InChI=1S/C13H24O4/c1-4-6-7-11(5-2)8-15-13(3)16-9-12(14)10-17-13/h11H,4-10H2,1-3H3. The van der Waals surface area contributed by atoms with Gasteiger partial charge in [-0.2, -0.15) is 0 Å². The van der Waals surface area contributed by atoms with E-state index >= 15 is 0 Å². The lowest BCUT2D eigenvalue weighted by Gasteiger charge is -2.33. The molecule has 0 amide bonds. The maximum absolute atomic E-state index is 11.0.